The average molecular weight is 385 g/mol. The first-order chi connectivity index (χ1) is 9.06. The molecule has 0 atom stereocenters. The summed E-state index contributed by atoms with van der Waals surface area (Å²) in [7, 11) is 0. The van der Waals surface area contributed by atoms with E-state index in [1.54, 1.807) is 18.2 Å². The zero-order valence-corrected chi connectivity index (χ0v) is 12.7. The van der Waals surface area contributed by atoms with Crippen LogP contribution >= 0.6 is 31.9 Å². The molecule has 3 N–H and O–H groups in total. The monoisotopic (exact) mass is 383 g/mol. The Morgan fingerprint density at radius 3 is 2.74 bits per heavy atom. The summed E-state index contributed by atoms with van der Waals surface area (Å²) in [6.07, 6.45) is 0. The Morgan fingerprint density at radius 1 is 1.21 bits per heavy atom. The van der Waals surface area contributed by atoms with Gasteiger partial charge in [-0.25, -0.2) is 9.37 Å². The smallest absolute Gasteiger partial charge is 0.142 e. The Kier molecular flexibility index (Phi) is 3.06. The highest BCUT2D eigenvalue weighted by Crippen LogP contribution is 2.32. The van der Waals surface area contributed by atoms with E-state index in [9.17, 15) is 4.39 Å². The number of anilines is 1. The van der Waals surface area contributed by atoms with Crippen LogP contribution < -0.4 is 5.73 Å². The van der Waals surface area contributed by atoms with E-state index < -0.39 is 0 Å². The molecule has 3 nitrogen and oxygen atoms in total. The number of nitrogen functional groups attached to an aromatic ring is 1. The molecular formula is C13H8Br2FN3. The summed E-state index contributed by atoms with van der Waals surface area (Å²) in [6, 6.07) is 8.42. The van der Waals surface area contributed by atoms with Crippen molar-refractivity contribution in [1.82, 2.24) is 9.97 Å². The van der Waals surface area contributed by atoms with Crippen molar-refractivity contribution in [2.24, 2.45) is 0 Å². The van der Waals surface area contributed by atoms with Crippen molar-refractivity contribution in [1.29, 1.82) is 0 Å². The summed E-state index contributed by atoms with van der Waals surface area (Å²) < 4.78 is 15.4. The predicted octanol–water partition coefficient (Wildman–Crippen LogP) is 4.48. The molecule has 0 aliphatic rings. The molecule has 0 spiro atoms. The third-order valence-corrected chi connectivity index (χ3v) is 3.90. The second kappa shape index (κ2) is 4.61. The van der Waals surface area contributed by atoms with Crippen LogP contribution in [0.15, 0.2) is 39.3 Å². The maximum Gasteiger partial charge on any atom is 0.142 e. The Hall–Kier alpha value is -1.40. The van der Waals surface area contributed by atoms with E-state index in [1.165, 1.54) is 6.07 Å². The minimum atomic E-state index is -0.342. The van der Waals surface area contributed by atoms with Gasteiger partial charge >= 0.3 is 0 Å². The first kappa shape index (κ1) is 12.6. The second-order valence-electron chi connectivity index (χ2n) is 4.07. The normalized spacial score (nSPS) is 11.1. The minimum Gasteiger partial charge on any atom is -0.397 e. The van der Waals surface area contributed by atoms with E-state index in [2.05, 4.69) is 41.8 Å². The van der Waals surface area contributed by atoms with Gasteiger partial charge in [0.1, 0.15) is 17.2 Å². The molecule has 0 unspecified atom stereocenters. The van der Waals surface area contributed by atoms with Gasteiger partial charge in [0.2, 0.25) is 0 Å². The molecule has 0 fully saturated rings. The van der Waals surface area contributed by atoms with Gasteiger partial charge in [-0.1, -0.05) is 22.0 Å². The highest BCUT2D eigenvalue weighted by molar-refractivity contribution is 9.10. The van der Waals surface area contributed by atoms with Crippen LogP contribution in [0.5, 0.6) is 0 Å². The average Bonchev–Trinajstić information content (AvgIpc) is 2.72. The number of aromatic amines is 1. The number of nitrogens with zero attached hydrogens (tertiary/aromatic N) is 1. The number of hydrogen-bond acceptors (Lipinski definition) is 2. The number of rotatable bonds is 1. The third-order valence-electron chi connectivity index (χ3n) is 2.78. The van der Waals surface area contributed by atoms with E-state index in [1.807, 2.05) is 6.07 Å². The van der Waals surface area contributed by atoms with Crippen molar-refractivity contribution in [3.63, 3.8) is 0 Å². The molecule has 0 radical (unpaired) electrons. The molecule has 19 heavy (non-hydrogen) atoms. The summed E-state index contributed by atoms with van der Waals surface area (Å²) in [5.74, 6) is 0.107. The van der Waals surface area contributed by atoms with Crippen molar-refractivity contribution >= 4 is 48.6 Å². The fourth-order valence-corrected chi connectivity index (χ4v) is 2.96. The molecule has 0 saturated carbocycles. The molecular weight excluding hydrogens is 377 g/mol. The molecule has 1 heterocycles. The number of nitrogens with one attached hydrogen (secondary N) is 1. The first-order valence-corrected chi connectivity index (χ1v) is 7.04. The largest absolute Gasteiger partial charge is 0.397 e. The number of fused-ring (bicyclic) bond motifs is 1. The summed E-state index contributed by atoms with van der Waals surface area (Å²) in [5.41, 5.74) is 8.24. The van der Waals surface area contributed by atoms with Crippen molar-refractivity contribution < 1.29 is 4.39 Å². The molecule has 0 saturated heterocycles. The van der Waals surface area contributed by atoms with E-state index in [4.69, 9.17) is 5.73 Å². The molecule has 0 bridgehead atoms. The van der Waals surface area contributed by atoms with Crippen molar-refractivity contribution in [2.45, 2.75) is 0 Å². The number of benzene rings is 2. The van der Waals surface area contributed by atoms with Crippen LogP contribution in [0.1, 0.15) is 0 Å². The van der Waals surface area contributed by atoms with Gasteiger partial charge in [0.25, 0.3) is 0 Å². The van der Waals surface area contributed by atoms with Crippen molar-refractivity contribution in [3.05, 3.63) is 45.1 Å². The van der Waals surface area contributed by atoms with Crippen LogP contribution in [-0.4, -0.2) is 9.97 Å². The Labute approximate surface area is 125 Å². The minimum absolute atomic E-state index is 0.342. The lowest BCUT2D eigenvalue weighted by Gasteiger charge is -2.01. The molecule has 3 rings (SSSR count). The second-order valence-corrected chi connectivity index (χ2v) is 5.84. The van der Waals surface area contributed by atoms with E-state index in [-0.39, 0.29) is 5.82 Å². The van der Waals surface area contributed by atoms with Gasteiger partial charge in [-0.2, -0.15) is 0 Å². The highest BCUT2D eigenvalue weighted by atomic mass is 79.9. The van der Waals surface area contributed by atoms with Crippen LogP contribution in [-0.2, 0) is 0 Å². The van der Waals surface area contributed by atoms with Gasteiger partial charge in [-0.3, -0.25) is 0 Å². The Bertz CT molecular complexity index is 763. The summed E-state index contributed by atoms with van der Waals surface area (Å²) >= 11 is 6.70. The summed E-state index contributed by atoms with van der Waals surface area (Å²) in [6.45, 7) is 0. The lowest BCUT2D eigenvalue weighted by Crippen LogP contribution is -1.88. The van der Waals surface area contributed by atoms with Crippen LogP contribution in [0.2, 0.25) is 0 Å². The summed E-state index contributed by atoms with van der Waals surface area (Å²) in [4.78, 5) is 7.46. The molecule has 3 aromatic rings. The quantitative estimate of drug-likeness (QED) is 0.608. The van der Waals surface area contributed by atoms with Crippen molar-refractivity contribution in [2.75, 3.05) is 5.73 Å². The van der Waals surface area contributed by atoms with Gasteiger partial charge in [-0.05, 0) is 40.2 Å². The molecule has 0 amide bonds. The van der Waals surface area contributed by atoms with Crippen LogP contribution in [0, 0.1) is 5.82 Å². The lowest BCUT2D eigenvalue weighted by molar-refractivity contribution is 0.629. The van der Waals surface area contributed by atoms with E-state index in [0.717, 1.165) is 9.99 Å². The topological polar surface area (TPSA) is 54.7 Å². The van der Waals surface area contributed by atoms with E-state index >= 15 is 0 Å². The van der Waals surface area contributed by atoms with Crippen LogP contribution in [0.25, 0.3) is 22.4 Å². The van der Waals surface area contributed by atoms with E-state index in [0.29, 0.717) is 27.1 Å². The number of aromatic nitrogens is 2. The fraction of sp³-hybridized carbons (Fsp3) is 0. The van der Waals surface area contributed by atoms with Gasteiger partial charge in [0.15, 0.2) is 0 Å². The number of halogens is 3. The molecule has 1 aromatic heterocycles. The van der Waals surface area contributed by atoms with Gasteiger partial charge in [0, 0.05) is 8.95 Å². The van der Waals surface area contributed by atoms with Gasteiger partial charge < -0.3 is 10.7 Å². The zero-order valence-electron chi connectivity index (χ0n) is 9.55. The number of H-pyrrole nitrogens is 1. The zero-order chi connectivity index (χ0) is 13.6. The predicted molar refractivity (Wildman–Crippen MR) is 81.3 cm³/mol. The highest BCUT2D eigenvalue weighted by Gasteiger charge is 2.14. The third kappa shape index (κ3) is 2.15. The van der Waals surface area contributed by atoms with Crippen LogP contribution in [0.3, 0.4) is 0 Å². The first-order valence-electron chi connectivity index (χ1n) is 5.45. The molecule has 0 aliphatic heterocycles. The SMILES string of the molecule is Nc1cc(Br)cc2[nH]c(-c3c(F)cccc3Br)nc12. The number of nitrogens with two attached hydrogens (primary N) is 1. The summed E-state index contributed by atoms with van der Waals surface area (Å²) in [5, 5.41) is 0. The standard InChI is InChI=1S/C13H8Br2FN3/c14-6-4-9(17)12-10(5-6)18-13(19-12)11-7(15)2-1-3-8(11)16/h1-5H,17H2,(H,18,19). The van der Waals surface area contributed by atoms with Gasteiger partial charge in [0.05, 0.1) is 16.8 Å². The molecule has 96 valence electrons. The fourth-order valence-electron chi connectivity index (χ4n) is 1.95. The molecule has 2 aromatic carbocycles. The Balaban J connectivity index is 2.30. The lowest BCUT2D eigenvalue weighted by atomic mass is 10.2. The maximum absolute atomic E-state index is 13.9. The number of imidazole rings is 1. The number of hydrogen-bond donors (Lipinski definition) is 2. The Morgan fingerprint density at radius 2 is 2.00 bits per heavy atom. The molecule has 6 heteroatoms. The maximum atomic E-state index is 13.9. The molecule has 0 aliphatic carbocycles. The van der Waals surface area contributed by atoms with Gasteiger partial charge in [-0.15, -0.1) is 0 Å². The van der Waals surface area contributed by atoms with Crippen LogP contribution in [0.4, 0.5) is 10.1 Å². The van der Waals surface area contributed by atoms with Crippen molar-refractivity contribution in [3.8, 4) is 11.4 Å².